The van der Waals surface area contributed by atoms with Gasteiger partial charge in [-0.2, -0.15) is 0 Å². The van der Waals surface area contributed by atoms with Crippen molar-refractivity contribution in [2.45, 2.75) is 0 Å². The van der Waals surface area contributed by atoms with Gasteiger partial charge in [0.1, 0.15) is 18.2 Å². The summed E-state index contributed by atoms with van der Waals surface area (Å²) in [5, 5.41) is 8.91. The number of aromatic carboxylic acids is 1. The van der Waals surface area contributed by atoms with Crippen molar-refractivity contribution in [1.29, 1.82) is 0 Å². The van der Waals surface area contributed by atoms with Crippen LogP contribution in [-0.2, 0) is 4.74 Å². The third kappa shape index (κ3) is 2.38. The molecule has 0 saturated carbocycles. The summed E-state index contributed by atoms with van der Waals surface area (Å²) in [6.45, 7) is 2.19. The number of carboxylic acids is 1. The second-order valence-electron chi connectivity index (χ2n) is 3.93. The minimum absolute atomic E-state index is 0.346. The summed E-state index contributed by atoms with van der Waals surface area (Å²) in [5.74, 6) is -1.69. The van der Waals surface area contributed by atoms with Crippen molar-refractivity contribution in [3.8, 4) is 5.75 Å². The lowest BCUT2D eigenvalue weighted by Gasteiger charge is -2.31. The first-order valence-corrected chi connectivity index (χ1v) is 5.57. The van der Waals surface area contributed by atoms with Gasteiger partial charge in [-0.25, -0.2) is 9.18 Å². The molecule has 1 heterocycles. The molecule has 0 aliphatic carbocycles. The number of nitrogens with zero attached hydrogens (tertiary/aromatic N) is 1. The molecule has 1 aromatic carbocycles. The highest BCUT2D eigenvalue weighted by atomic mass is 19.1. The summed E-state index contributed by atoms with van der Waals surface area (Å²) in [6.07, 6.45) is 0. The lowest BCUT2D eigenvalue weighted by atomic mass is 10.1. The van der Waals surface area contributed by atoms with Crippen molar-refractivity contribution in [3.63, 3.8) is 0 Å². The van der Waals surface area contributed by atoms with Gasteiger partial charge < -0.3 is 19.5 Å². The number of rotatable bonds is 4. The van der Waals surface area contributed by atoms with Crippen molar-refractivity contribution in [1.82, 2.24) is 0 Å². The molecular formula is C12H14FNO4. The molecule has 1 N–H and O–H groups in total. The Kier molecular flexibility index (Phi) is 3.66. The Morgan fingerprint density at radius 2 is 2.39 bits per heavy atom. The van der Waals surface area contributed by atoms with E-state index in [0.717, 1.165) is 6.07 Å². The second kappa shape index (κ2) is 5.22. The Morgan fingerprint density at radius 3 is 3.06 bits per heavy atom. The topological polar surface area (TPSA) is 59.0 Å². The highest BCUT2D eigenvalue weighted by molar-refractivity contribution is 5.90. The van der Waals surface area contributed by atoms with E-state index in [9.17, 15) is 9.18 Å². The zero-order chi connectivity index (χ0) is 13.1. The summed E-state index contributed by atoms with van der Waals surface area (Å²) in [6, 6.07) is 2.43. The van der Waals surface area contributed by atoms with Gasteiger partial charge in [0.2, 0.25) is 0 Å². The SMILES string of the molecule is COCCN1CCOc2cc(F)c(C(=O)O)cc21. The van der Waals surface area contributed by atoms with Crippen LogP contribution in [0.15, 0.2) is 12.1 Å². The molecule has 6 heteroatoms. The minimum atomic E-state index is -1.28. The molecule has 0 amide bonds. The second-order valence-corrected chi connectivity index (χ2v) is 3.93. The maximum Gasteiger partial charge on any atom is 0.338 e. The maximum atomic E-state index is 13.5. The third-order valence-corrected chi connectivity index (χ3v) is 2.80. The van der Waals surface area contributed by atoms with Gasteiger partial charge in [-0.1, -0.05) is 0 Å². The fourth-order valence-electron chi connectivity index (χ4n) is 1.89. The van der Waals surface area contributed by atoms with Gasteiger partial charge in [-0.15, -0.1) is 0 Å². The smallest absolute Gasteiger partial charge is 0.338 e. The molecule has 2 rings (SSSR count). The number of fused-ring (bicyclic) bond motifs is 1. The first kappa shape index (κ1) is 12.6. The van der Waals surface area contributed by atoms with Gasteiger partial charge in [-0.05, 0) is 6.07 Å². The summed E-state index contributed by atoms with van der Waals surface area (Å²) in [5.41, 5.74) is 0.249. The number of carboxylic acid groups (broad SMARTS) is 1. The quantitative estimate of drug-likeness (QED) is 0.880. The Balaban J connectivity index is 2.36. The van der Waals surface area contributed by atoms with Gasteiger partial charge in [-0.3, -0.25) is 0 Å². The summed E-state index contributed by atoms with van der Waals surface area (Å²) < 4.78 is 23.8. The zero-order valence-corrected chi connectivity index (χ0v) is 9.98. The molecule has 1 aromatic rings. The van der Waals surface area contributed by atoms with Crippen molar-refractivity contribution < 1.29 is 23.8 Å². The molecule has 0 aromatic heterocycles. The van der Waals surface area contributed by atoms with E-state index in [0.29, 0.717) is 37.7 Å². The maximum absolute atomic E-state index is 13.5. The molecule has 1 aliphatic rings. The number of benzene rings is 1. The van der Waals surface area contributed by atoms with Crippen molar-refractivity contribution in [3.05, 3.63) is 23.5 Å². The lowest BCUT2D eigenvalue weighted by Crippen LogP contribution is -2.35. The zero-order valence-electron chi connectivity index (χ0n) is 9.98. The molecule has 98 valence electrons. The van der Waals surface area contributed by atoms with Crippen LogP contribution < -0.4 is 9.64 Å². The Morgan fingerprint density at radius 1 is 1.61 bits per heavy atom. The number of anilines is 1. The van der Waals surface area contributed by atoms with Crippen LogP contribution in [0.5, 0.6) is 5.75 Å². The van der Waals surface area contributed by atoms with Crippen LogP contribution in [0.4, 0.5) is 10.1 Å². The standard InChI is InChI=1S/C12H14FNO4/c1-17-4-2-14-3-5-18-11-7-9(13)8(12(15)16)6-10(11)14/h6-7H,2-5H2,1H3,(H,15,16). The van der Waals surface area contributed by atoms with Crippen LogP contribution in [0.1, 0.15) is 10.4 Å². The number of ether oxygens (including phenoxy) is 2. The van der Waals surface area contributed by atoms with E-state index in [4.69, 9.17) is 14.6 Å². The summed E-state index contributed by atoms with van der Waals surface area (Å²) in [4.78, 5) is 12.8. The van der Waals surface area contributed by atoms with E-state index >= 15 is 0 Å². The van der Waals surface area contributed by atoms with Gasteiger partial charge in [0, 0.05) is 19.7 Å². The fourth-order valence-corrected chi connectivity index (χ4v) is 1.89. The predicted octanol–water partition coefficient (Wildman–Crippen LogP) is 1.37. The van der Waals surface area contributed by atoms with Gasteiger partial charge >= 0.3 is 5.97 Å². The van der Waals surface area contributed by atoms with Crippen LogP contribution in [0.2, 0.25) is 0 Å². The third-order valence-electron chi connectivity index (χ3n) is 2.80. The van der Waals surface area contributed by atoms with Crippen LogP contribution >= 0.6 is 0 Å². The predicted molar refractivity (Wildman–Crippen MR) is 62.9 cm³/mol. The number of carbonyl (C=O) groups is 1. The normalized spacial score (nSPS) is 14.0. The molecule has 0 atom stereocenters. The van der Waals surface area contributed by atoms with Crippen LogP contribution in [-0.4, -0.2) is 44.5 Å². The van der Waals surface area contributed by atoms with E-state index in [1.54, 1.807) is 7.11 Å². The minimum Gasteiger partial charge on any atom is -0.489 e. The lowest BCUT2D eigenvalue weighted by molar-refractivity contribution is 0.0692. The molecule has 0 radical (unpaired) electrons. The highest BCUT2D eigenvalue weighted by Crippen LogP contribution is 2.33. The van der Waals surface area contributed by atoms with Crippen LogP contribution in [0.3, 0.4) is 0 Å². The number of methoxy groups -OCH3 is 1. The number of hydrogen-bond acceptors (Lipinski definition) is 4. The van der Waals surface area contributed by atoms with E-state index in [1.165, 1.54) is 6.07 Å². The highest BCUT2D eigenvalue weighted by Gasteiger charge is 2.22. The fraction of sp³-hybridized carbons (Fsp3) is 0.417. The van der Waals surface area contributed by atoms with E-state index in [1.807, 2.05) is 4.90 Å². The van der Waals surface area contributed by atoms with Gasteiger partial charge in [0.05, 0.1) is 24.4 Å². The molecule has 5 nitrogen and oxygen atoms in total. The summed E-state index contributed by atoms with van der Waals surface area (Å²) >= 11 is 0. The Hall–Kier alpha value is -1.82. The molecule has 0 unspecified atom stereocenters. The van der Waals surface area contributed by atoms with Crippen molar-refractivity contribution in [2.75, 3.05) is 38.3 Å². The molecule has 1 aliphatic heterocycles. The Bertz CT molecular complexity index is 464. The van der Waals surface area contributed by atoms with Crippen LogP contribution in [0.25, 0.3) is 0 Å². The molecule has 0 bridgehead atoms. The van der Waals surface area contributed by atoms with Crippen LogP contribution in [0, 0.1) is 5.82 Å². The van der Waals surface area contributed by atoms with E-state index < -0.39 is 11.8 Å². The summed E-state index contributed by atoms with van der Waals surface area (Å²) in [7, 11) is 1.59. The van der Waals surface area contributed by atoms with Crippen molar-refractivity contribution in [2.24, 2.45) is 0 Å². The molecular weight excluding hydrogens is 241 g/mol. The van der Waals surface area contributed by atoms with Crippen molar-refractivity contribution >= 4 is 11.7 Å². The van der Waals surface area contributed by atoms with E-state index in [-0.39, 0.29) is 5.56 Å². The first-order chi connectivity index (χ1) is 8.63. The first-order valence-electron chi connectivity index (χ1n) is 5.57. The molecule has 0 spiro atoms. The number of halogens is 1. The van der Waals surface area contributed by atoms with E-state index in [2.05, 4.69) is 0 Å². The average Bonchev–Trinajstić information content (AvgIpc) is 2.34. The average molecular weight is 255 g/mol. The monoisotopic (exact) mass is 255 g/mol. The van der Waals surface area contributed by atoms with Gasteiger partial charge in [0.15, 0.2) is 0 Å². The molecule has 0 saturated heterocycles. The Labute approximate surface area is 104 Å². The molecule has 18 heavy (non-hydrogen) atoms. The van der Waals surface area contributed by atoms with Gasteiger partial charge in [0.25, 0.3) is 0 Å². The largest absolute Gasteiger partial charge is 0.489 e. The molecule has 0 fully saturated rings. The number of hydrogen-bond donors (Lipinski definition) is 1.